The molecular weight excluding hydrogens is 380 g/mol. The van der Waals surface area contributed by atoms with Gasteiger partial charge in [-0.3, -0.25) is 9.69 Å². The Labute approximate surface area is 172 Å². The van der Waals surface area contributed by atoms with Gasteiger partial charge in [-0.25, -0.2) is 0 Å². The molecular formula is C21H31ClN2O4. The zero-order chi connectivity index (χ0) is 20.1. The van der Waals surface area contributed by atoms with Gasteiger partial charge < -0.3 is 19.5 Å². The highest BCUT2D eigenvalue weighted by Gasteiger charge is 2.33. The number of carbonyl (C=O) groups excluding carboxylic acids is 1. The second-order valence-electron chi connectivity index (χ2n) is 8.01. The lowest BCUT2D eigenvalue weighted by Crippen LogP contribution is -2.45. The summed E-state index contributed by atoms with van der Waals surface area (Å²) in [7, 11) is 0. The van der Waals surface area contributed by atoms with Crippen LogP contribution in [0, 0.1) is 13.8 Å². The van der Waals surface area contributed by atoms with E-state index in [0.717, 1.165) is 41.4 Å². The lowest BCUT2D eigenvalue weighted by Gasteiger charge is -2.30. The molecule has 2 fully saturated rings. The Kier molecular flexibility index (Phi) is 7.20. The highest BCUT2D eigenvalue weighted by Crippen LogP contribution is 2.28. The summed E-state index contributed by atoms with van der Waals surface area (Å²) < 4.78 is 11.2. The van der Waals surface area contributed by atoms with Gasteiger partial charge in [0.05, 0.1) is 19.8 Å². The molecule has 7 heteroatoms. The lowest BCUT2D eigenvalue weighted by atomic mass is 9.96. The molecule has 0 radical (unpaired) electrons. The number of rotatable bonds is 5. The van der Waals surface area contributed by atoms with Crippen LogP contribution in [0.5, 0.6) is 5.75 Å². The molecule has 1 unspecified atom stereocenters. The van der Waals surface area contributed by atoms with Crippen LogP contribution >= 0.6 is 11.6 Å². The summed E-state index contributed by atoms with van der Waals surface area (Å²) in [4.78, 5) is 16.6. The minimum absolute atomic E-state index is 0.135. The average molecular weight is 411 g/mol. The summed E-state index contributed by atoms with van der Waals surface area (Å²) >= 11 is 6.21. The van der Waals surface area contributed by atoms with Gasteiger partial charge in [-0.2, -0.15) is 0 Å². The molecule has 2 saturated heterocycles. The summed E-state index contributed by atoms with van der Waals surface area (Å²) in [6, 6.07) is 3.79. The molecule has 2 aliphatic rings. The van der Waals surface area contributed by atoms with E-state index >= 15 is 0 Å². The Morgan fingerprint density at radius 2 is 1.86 bits per heavy atom. The number of hydrogen-bond acceptors (Lipinski definition) is 5. The van der Waals surface area contributed by atoms with Crippen molar-refractivity contribution < 1.29 is 19.4 Å². The van der Waals surface area contributed by atoms with Crippen molar-refractivity contribution in [3.63, 3.8) is 0 Å². The van der Waals surface area contributed by atoms with Crippen molar-refractivity contribution in [3.8, 4) is 5.75 Å². The first kappa shape index (κ1) is 21.4. The number of aryl methyl sites for hydroxylation is 2. The lowest BCUT2D eigenvalue weighted by molar-refractivity contribution is -0.133. The second-order valence-corrected chi connectivity index (χ2v) is 8.38. The van der Waals surface area contributed by atoms with Crippen LogP contribution in [0.2, 0.25) is 5.02 Å². The van der Waals surface area contributed by atoms with Crippen molar-refractivity contribution in [1.82, 2.24) is 9.80 Å². The van der Waals surface area contributed by atoms with E-state index in [-0.39, 0.29) is 12.5 Å². The van der Waals surface area contributed by atoms with Crippen molar-refractivity contribution in [1.29, 1.82) is 0 Å². The molecule has 0 aliphatic carbocycles. The number of carbonyl (C=O) groups is 1. The molecule has 28 heavy (non-hydrogen) atoms. The fourth-order valence-electron chi connectivity index (χ4n) is 3.83. The number of nitrogens with zero attached hydrogens (tertiary/aromatic N) is 2. The van der Waals surface area contributed by atoms with Crippen LogP contribution in [0.1, 0.15) is 30.4 Å². The molecule has 0 aromatic heterocycles. The van der Waals surface area contributed by atoms with Gasteiger partial charge in [0.25, 0.3) is 0 Å². The molecule has 156 valence electrons. The Morgan fingerprint density at radius 1 is 1.18 bits per heavy atom. The Morgan fingerprint density at radius 3 is 2.54 bits per heavy atom. The van der Waals surface area contributed by atoms with Crippen molar-refractivity contribution in [2.45, 2.75) is 38.7 Å². The van der Waals surface area contributed by atoms with Crippen LogP contribution in [-0.2, 0) is 9.53 Å². The zero-order valence-electron chi connectivity index (χ0n) is 16.9. The zero-order valence-corrected chi connectivity index (χ0v) is 17.6. The molecule has 1 aromatic rings. The monoisotopic (exact) mass is 410 g/mol. The second kappa shape index (κ2) is 9.44. The number of likely N-dealkylation sites (tertiary alicyclic amines) is 1. The molecule has 2 aliphatic heterocycles. The van der Waals surface area contributed by atoms with Crippen molar-refractivity contribution >= 4 is 17.5 Å². The maximum absolute atomic E-state index is 12.6. The number of ether oxygens (including phenoxy) is 2. The Hall–Kier alpha value is -1.34. The van der Waals surface area contributed by atoms with Crippen molar-refractivity contribution in [2.75, 3.05) is 52.5 Å². The summed E-state index contributed by atoms with van der Waals surface area (Å²) in [6.45, 7) is 8.77. The van der Waals surface area contributed by atoms with Gasteiger partial charge in [-0.05, 0) is 56.4 Å². The Balaban J connectivity index is 1.52. The average Bonchev–Trinajstić information content (AvgIpc) is 2.87. The van der Waals surface area contributed by atoms with Crippen molar-refractivity contribution in [2.24, 2.45) is 0 Å². The van der Waals surface area contributed by atoms with Gasteiger partial charge in [-0.15, -0.1) is 0 Å². The van der Waals surface area contributed by atoms with E-state index in [2.05, 4.69) is 4.90 Å². The molecule has 3 rings (SSSR count). The van der Waals surface area contributed by atoms with Crippen LogP contribution in [0.15, 0.2) is 12.1 Å². The van der Waals surface area contributed by atoms with Gasteiger partial charge in [0.1, 0.15) is 18.0 Å². The van der Waals surface area contributed by atoms with E-state index in [0.29, 0.717) is 45.7 Å². The molecule has 1 amide bonds. The van der Waals surface area contributed by atoms with Crippen LogP contribution in [0.4, 0.5) is 0 Å². The minimum Gasteiger partial charge on any atom is -0.491 e. The largest absolute Gasteiger partial charge is 0.491 e. The van der Waals surface area contributed by atoms with Gasteiger partial charge in [-0.1, -0.05) is 11.6 Å². The first-order valence-electron chi connectivity index (χ1n) is 10.1. The van der Waals surface area contributed by atoms with E-state index in [1.54, 1.807) is 0 Å². The van der Waals surface area contributed by atoms with Crippen LogP contribution in [-0.4, -0.2) is 79.0 Å². The van der Waals surface area contributed by atoms with E-state index in [9.17, 15) is 9.90 Å². The first-order chi connectivity index (χ1) is 13.4. The number of amides is 1. The fourth-order valence-corrected chi connectivity index (χ4v) is 3.94. The SMILES string of the molecule is Cc1cc(OCC2(O)CCCN(C(=O)CN3CCOCC3)CC2)cc(C)c1Cl. The summed E-state index contributed by atoms with van der Waals surface area (Å²) in [6.07, 6.45) is 1.92. The minimum atomic E-state index is -0.921. The summed E-state index contributed by atoms with van der Waals surface area (Å²) in [5, 5.41) is 11.8. The number of morpholine rings is 1. The third-order valence-corrected chi connectivity index (χ3v) is 6.25. The van der Waals surface area contributed by atoms with Crippen LogP contribution < -0.4 is 4.74 Å². The fraction of sp³-hybridized carbons (Fsp3) is 0.667. The number of halogens is 1. The predicted octanol–water partition coefficient (Wildman–Crippen LogP) is 2.41. The molecule has 0 spiro atoms. The normalized spacial score (nSPS) is 24.1. The molecule has 0 saturated carbocycles. The molecule has 6 nitrogen and oxygen atoms in total. The maximum atomic E-state index is 12.6. The van der Waals surface area contributed by atoms with E-state index < -0.39 is 5.60 Å². The number of hydrogen-bond donors (Lipinski definition) is 1. The molecule has 2 heterocycles. The Bertz CT molecular complexity index is 670. The highest BCUT2D eigenvalue weighted by atomic mass is 35.5. The van der Waals surface area contributed by atoms with E-state index in [1.807, 2.05) is 30.9 Å². The maximum Gasteiger partial charge on any atom is 0.236 e. The summed E-state index contributed by atoms with van der Waals surface area (Å²) in [5.41, 5.74) is 1.00. The van der Waals surface area contributed by atoms with E-state index in [4.69, 9.17) is 21.1 Å². The first-order valence-corrected chi connectivity index (χ1v) is 10.4. The predicted molar refractivity (Wildman–Crippen MR) is 109 cm³/mol. The van der Waals surface area contributed by atoms with Gasteiger partial charge in [0.15, 0.2) is 0 Å². The molecule has 1 aromatic carbocycles. The topological polar surface area (TPSA) is 62.2 Å². The van der Waals surface area contributed by atoms with E-state index in [1.165, 1.54) is 0 Å². The van der Waals surface area contributed by atoms with Crippen LogP contribution in [0.3, 0.4) is 0 Å². The third-order valence-electron chi connectivity index (χ3n) is 5.65. The molecule has 1 N–H and O–H groups in total. The summed E-state index contributed by atoms with van der Waals surface area (Å²) in [5.74, 6) is 0.855. The highest BCUT2D eigenvalue weighted by molar-refractivity contribution is 6.32. The van der Waals surface area contributed by atoms with Gasteiger partial charge in [0.2, 0.25) is 5.91 Å². The quantitative estimate of drug-likeness (QED) is 0.807. The van der Waals surface area contributed by atoms with Crippen molar-refractivity contribution in [3.05, 3.63) is 28.3 Å². The number of benzene rings is 1. The van der Waals surface area contributed by atoms with Gasteiger partial charge in [0, 0.05) is 31.2 Å². The standard InChI is InChI=1S/C21H31ClN2O4/c1-16-12-18(13-17(2)20(16)22)28-15-21(26)4-3-6-24(7-5-21)19(25)14-23-8-10-27-11-9-23/h12-13,26H,3-11,14-15H2,1-2H3. The third kappa shape index (κ3) is 5.60. The molecule has 0 bridgehead atoms. The molecule has 1 atom stereocenters. The number of aliphatic hydroxyl groups is 1. The smallest absolute Gasteiger partial charge is 0.236 e. The van der Waals surface area contributed by atoms with Crippen LogP contribution in [0.25, 0.3) is 0 Å². The van der Waals surface area contributed by atoms with Gasteiger partial charge >= 0.3 is 0 Å².